The molecule has 0 radical (unpaired) electrons. The number of hydrogen-bond acceptors (Lipinski definition) is 5. The van der Waals surface area contributed by atoms with Crippen LogP contribution in [0.2, 0.25) is 0 Å². The van der Waals surface area contributed by atoms with Gasteiger partial charge in [-0.1, -0.05) is 12.1 Å². The molecule has 158 valence electrons. The average Bonchev–Trinajstić information content (AvgIpc) is 3.29. The van der Waals surface area contributed by atoms with E-state index in [1.54, 1.807) is 12.4 Å². The van der Waals surface area contributed by atoms with Crippen LogP contribution < -0.4 is 5.32 Å². The number of aromatic nitrogens is 2. The normalized spacial score (nSPS) is 19.6. The summed E-state index contributed by atoms with van der Waals surface area (Å²) in [5, 5.41) is 2.83. The summed E-state index contributed by atoms with van der Waals surface area (Å²) in [7, 11) is 0. The number of carbonyl (C=O) groups is 2. The Kier molecular flexibility index (Phi) is 6.38. The van der Waals surface area contributed by atoms with Gasteiger partial charge in [0.2, 0.25) is 11.8 Å². The van der Waals surface area contributed by atoms with E-state index in [2.05, 4.69) is 20.2 Å². The Labute approximate surface area is 177 Å². The summed E-state index contributed by atoms with van der Waals surface area (Å²) in [6.07, 6.45) is 7.77. The number of benzene rings is 1. The van der Waals surface area contributed by atoms with Crippen LogP contribution in [0.15, 0.2) is 36.7 Å². The molecule has 7 nitrogen and oxygen atoms in total. The molecule has 3 heterocycles. The van der Waals surface area contributed by atoms with Gasteiger partial charge in [-0.3, -0.25) is 24.5 Å². The Balaban J connectivity index is 1.51. The van der Waals surface area contributed by atoms with Crippen molar-refractivity contribution in [1.82, 2.24) is 19.8 Å². The van der Waals surface area contributed by atoms with Gasteiger partial charge in [-0.05, 0) is 44.4 Å². The van der Waals surface area contributed by atoms with E-state index in [4.69, 9.17) is 0 Å². The summed E-state index contributed by atoms with van der Waals surface area (Å²) in [5.74, 6) is 0.380. The van der Waals surface area contributed by atoms with Gasteiger partial charge >= 0.3 is 0 Å². The van der Waals surface area contributed by atoms with E-state index in [1.165, 1.54) is 6.92 Å². The maximum atomic E-state index is 12.6. The Hall–Kier alpha value is -2.80. The number of hydrogen-bond donors (Lipinski definition) is 1. The first kappa shape index (κ1) is 20.5. The molecule has 30 heavy (non-hydrogen) atoms. The molecule has 1 atom stereocenters. The Morgan fingerprint density at radius 1 is 1.10 bits per heavy atom. The summed E-state index contributed by atoms with van der Waals surface area (Å²) < 4.78 is 0. The van der Waals surface area contributed by atoms with Gasteiger partial charge in [0.25, 0.3) is 0 Å². The molecule has 2 saturated heterocycles. The zero-order chi connectivity index (χ0) is 20.9. The van der Waals surface area contributed by atoms with Gasteiger partial charge in [-0.2, -0.15) is 0 Å². The lowest BCUT2D eigenvalue weighted by atomic mass is 9.91. The van der Waals surface area contributed by atoms with Crippen LogP contribution >= 0.6 is 0 Å². The second kappa shape index (κ2) is 9.34. The van der Waals surface area contributed by atoms with Crippen molar-refractivity contribution in [3.05, 3.63) is 42.4 Å². The summed E-state index contributed by atoms with van der Waals surface area (Å²) in [4.78, 5) is 37.6. The van der Waals surface area contributed by atoms with Crippen LogP contribution in [0, 0.1) is 0 Å². The maximum Gasteiger partial charge on any atom is 0.236 e. The third-order valence-electron chi connectivity index (χ3n) is 5.89. The third kappa shape index (κ3) is 4.84. The molecule has 2 fully saturated rings. The van der Waals surface area contributed by atoms with Gasteiger partial charge in [0, 0.05) is 56.1 Å². The summed E-state index contributed by atoms with van der Waals surface area (Å²) in [6.45, 7) is 5.55. The SMILES string of the molecule is CC(=O)Nc1cccc(-c2nccnc2[C@H]2CCCN(CC(=O)N3CCCC3)C2)c1. The molecule has 1 N–H and O–H groups in total. The largest absolute Gasteiger partial charge is 0.342 e. The summed E-state index contributed by atoms with van der Waals surface area (Å²) in [5.41, 5.74) is 3.51. The number of amides is 2. The molecule has 0 bridgehead atoms. The van der Waals surface area contributed by atoms with E-state index < -0.39 is 0 Å². The van der Waals surface area contributed by atoms with Crippen molar-refractivity contribution >= 4 is 17.5 Å². The first-order valence-electron chi connectivity index (χ1n) is 10.8. The average molecular weight is 408 g/mol. The van der Waals surface area contributed by atoms with Gasteiger partial charge in [0.05, 0.1) is 17.9 Å². The topological polar surface area (TPSA) is 78.4 Å². The fourth-order valence-corrected chi connectivity index (χ4v) is 4.50. The molecule has 4 rings (SSSR count). The van der Waals surface area contributed by atoms with E-state index in [0.29, 0.717) is 6.54 Å². The van der Waals surface area contributed by atoms with Crippen LogP contribution in [0.1, 0.15) is 44.2 Å². The van der Waals surface area contributed by atoms with Crippen LogP contribution in [-0.2, 0) is 9.59 Å². The Morgan fingerprint density at radius 3 is 2.70 bits per heavy atom. The zero-order valence-corrected chi connectivity index (χ0v) is 17.5. The third-order valence-corrected chi connectivity index (χ3v) is 5.89. The lowest BCUT2D eigenvalue weighted by Crippen LogP contribution is -2.43. The number of carbonyl (C=O) groups excluding carboxylic acids is 2. The van der Waals surface area contributed by atoms with Crippen molar-refractivity contribution in [2.75, 3.05) is 38.0 Å². The molecule has 0 saturated carbocycles. The highest BCUT2D eigenvalue weighted by molar-refractivity contribution is 5.89. The van der Waals surface area contributed by atoms with Crippen molar-refractivity contribution in [1.29, 1.82) is 0 Å². The predicted molar refractivity (Wildman–Crippen MR) is 116 cm³/mol. The van der Waals surface area contributed by atoms with Gasteiger partial charge in [0.15, 0.2) is 0 Å². The summed E-state index contributed by atoms with van der Waals surface area (Å²) >= 11 is 0. The molecule has 7 heteroatoms. The van der Waals surface area contributed by atoms with E-state index in [1.807, 2.05) is 29.2 Å². The number of likely N-dealkylation sites (tertiary alicyclic amines) is 2. The highest BCUT2D eigenvalue weighted by atomic mass is 16.2. The number of anilines is 1. The van der Waals surface area contributed by atoms with Gasteiger partial charge in [-0.15, -0.1) is 0 Å². The Morgan fingerprint density at radius 2 is 1.90 bits per heavy atom. The Bertz CT molecular complexity index is 910. The summed E-state index contributed by atoms with van der Waals surface area (Å²) in [6, 6.07) is 7.72. The van der Waals surface area contributed by atoms with Gasteiger partial charge in [-0.25, -0.2) is 0 Å². The van der Waals surface area contributed by atoms with Crippen LogP contribution in [0.3, 0.4) is 0 Å². The minimum atomic E-state index is -0.0999. The fourth-order valence-electron chi connectivity index (χ4n) is 4.50. The van der Waals surface area contributed by atoms with Crippen LogP contribution in [0.5, 0.6) is 0 Å². The van der Waals surface area contributed by atoms with Crippen molar-refractivity contribution in [3.8, 4) is 11.3 Å². The molecule has 2 aliphatic rings. The highest BCUT2D eigenvalue weighted by Gasteiger charge is 2.28. The van der Waals surface area contributed by atoms with Gasteiger partial charge < -0.3 is 10.2 Å². The van der Waals surface area contributed by atoms with E-state index in [-0.39, 0.29) is 17.7 Å². The molecule has 2 aliphatic heterocycles. The van der Waals surface area contributed by atoms with Gasteiger partial charge in [0.1, 0.15) is 0 Å². The van der Waals surface area contributed by atoms with Crippen molar-refractivity contribution in [3.63, 3.8) is 0 Å². The van der Waals surface area contributed by atoms with E-state index in [9.17, 15) is 9.59 Å². The van der Waals surface area contributed by atoms with Crippen molar-refractivity contribution in [2.45, 2.75) is 38.5 Å². The molecule has 0 aliphatic carbocycles. The first-order valence-corrected chi connectivity index (χ1v) is 10.8. The molecule has 1 aromatic carbocycles. The second-order valence-corrected chi connectivity index (χ2v) is 8.21. The molecular formula is C23H29N5O2. The smallest absolute Gasteiger partial charge is 0.236 e. The number of rotatable bonds is 5. The quantitative estimate of drug-likeness (QED) is 0.825. The van der Waals surface area contributed by atoms with E-state index >= 15 is 0 Å². The van der Waals surface area contributed by atoms with Crippen LogP contribution in [-0.4, -0.2) is 64.3 Å². The molecular weight excluding hydrogens is 378 g/mol. The molecule has 0 spiro atoms. The predicted octanol–water partition coefficient (Wildman–Crippen LogP) is 2.90. The van der Waals surface area contributed by atoms with Crippen LogP contribution in [0.4, 0.5) is 5.69 Å². The van der Waals surface area contributed by atoms with Crippen molar-refractivity contribution < 1.29 is 9.59 Å². The minimum absolute atomic E-state index is 0.0999. The lowest BCUT2D eigenvalue weighted by Gasteiger charge is -2.33. The molecule has 1 aromatic heterocycles. The number of piperidine rings is 1. The molecule has 2 aromatic rings. The monoisotopic (exact) mass is 407 g/mol. The lowest BCUT2D eigenvalue weighted by molar-refractivity contribution is -0.131. The van der Waals surface area contributed by atoms with Crippen LogP contribution in [0.25, 0.3) is 11.3 Å². The maximum absolute atomic E-state index is 12.6. The zero-order valence-electron chi connectivity index (χ0n) is 17.5. The van der Waals surface area contributed by atoms with E-state index in [0.717, 1.165) is 74.5 Å². The van der Waals surface area contributed by atoms with Crippen molar-refractivity contribution in [2.24, 2.45) is 0 Å². The number of nitrogens with zero attached hydrogens (tertiary/aromatic N) is 4. The number of nitrogens with one attached hydrogen (secondary N) is 1. The minimum Gasteiger partial charge on any atom is -0.342 e. The second-order valence-electron chi connectivity index (χ2n) is 8.21. The first-order chi connectivity index (χ1) is 14.6. The standard InChI is InChI=1S/C23H29N5O2/c1-17(29)26-20-8-4-6-18(14-20)22-23(25-10-9-24-22)19-7-5-11-27(15-19)16-21(30)28-12-2-3-13-28/h4,6,8-10,14,19H,2-3,5,7,11-13,15-16H2,1H3,(H,26,29)/t19-/m0/s1. The fraction of sp³-hybridized carbons (Fsp3) is 0.478. The highest BCUT2D eigenvalue weighted by Crippen LogP contribution is 2.32. The molecule has 2 amide bonds. The molecule has 0 unspecified atom stereocenters.